The lowest BCUT2D eigenvalue weighted by molar-refractivity contribution is -0.122. The van der Waals surface area contributed by atoms with Gasteiger partial charge in [-0.15, -0.1) is 0 Å². The Hall–Kier alpha value is -1.53. The van der Waals surface area contributed by atoms with E-state index in [1.165, 1.54) is 23.8 Å². The molecule has 1 aliphatic rings. The van der Waals surface area contributed by atoms with Gasteiger partial charge in [-0.3, -0.25) is 4.79 Å². The average Bonchev–Trinajstić information content (AvgIpc) is 2.94. The molecule has 0 radical (unpaired) electrons. The highest BCUT2D eigenvalue weighted by Crippen LogP contribution is 2.25. The van der Waals surface area contributed by atoms with E-state index in [1.54, 1.807) is 10.6 Å². The number of carbonyl (C=O) groups excluding carboxylic acids is 1. The van der Waals surface area contributed by atoms with Crippen LogP contribution in [0.2, 0.25) is 0 Å². The van der Waals surface area contributed by atoms with E-state index in [1.807, 2.05) is 13.0 Å². The third-order valence-corrected chi connectivity index (χ3v) is 5.52. The Morgan fingerprint density at radius 1 is 1.38 bits per heavy atom. The highest BCUT2D eigenvalue weighted by atomic mass is 32.1. The molecule has 130 valence electrons. The van der Waals surface area contributed by atoms with Crippen LogP contribution in [0, 0.1) is 11.7 Å². The summed E-state index contributed by atoms with van der Waals surface area (Å²) < 4.78 is 22.3. The molecule has 0 spiro atoms. The van der Waals surface area contributed by atoms with Crippen molar-refractivity contribution >= 4 is 27.5 Å². The summed E-state index contributed by atoms with van der Waals surface area (Å²) in [7, 11) is 0. The van der Waals surface area contributed by atoms with Gasteiger partial charge in [-0.2, -0.15) is 4.99 Å². The molecule has 4 nitrogen and oxygen atoms in total. The first kappa shape index (κ1) is 17.3. The lowest BCUT2D eigenvalue weighted by atomic mass is 9.89. The number of fused-ring (bicyclic) bond motifs is 1. The summed E-state index contributed by atoms with van der Waals surface area (Å²) in [5.41, 5.74) is 0.511. The first-order valence-electron chi connectivity index (χ1n) is 8.65. The molecule has 0 N–H and O–H groups in total. The highest BCUT2D eigenvalue weighted by molar-refractivity contribution is 7.16. The fraction of sp³-hybridized carbons (Fsp3) is 0.556. The molecule has 3 rings (SSSR count). The molecule has 1 aromatic heterocycles. The molecular formula is C18H23FN2O2S. The molecule has 1 fully saturated rings. The fourth-order valence-corrected chi connectivity index (χ4v) is 4.29. The Balaban J connectivity index is 1.98. The number of hydrogen-bond acceptors (Lipinski definition) is 3. The lowest BCUT2D eigenvalue weighted by Gasteiger charge is -2.17. The van der Waals surface area contributed by atoms with Crippen molar-refractivity contribution in [2.45, 2.75) is 45.6 Å². The van der Waals surface area contributed by atoms with E-state index in [0.29, 0.717) is 30.1 Å². The molecule has 6 heteroatoms. The molecule has 24 heavy (non-hydrogen) atoms. The quantitative estimate of drug-likeness (QED) is 0.768. The summed E-state index contributed by atoms with van der Waals surface area (Å²) in [6.07, 6.45) is 5.22. The van der Waals surface area contributed by atoms with Crippen molar-refractivity contribution in [1.29, 1.82) is 0 Å². The molecule has 0 aliphatic heterocycles. The van der Waals surface area contributed by atoms with Crippen molar-refractivity contribution in [3.05, 3.63) is 28.8 Å². The maximum atomic E-state index is 14.3. The number of benzene rings is 1. The standard InChI is InChI=1S/C18H23FN2O2S/c1-2-23-12-11-21-16-14(19)9-6-10-15(16)24-18(21)20-17(22)13-7-4-3-5-8-13/h6,9-10,13H,2-5,7-8,11-12H2,1H3. The topological polar surface area (TPSA) is 43.6 Å². The maximum absolute atomic E-state index is 14.3. The van der Waals surface area contributed by atoms with Crippen LogP contribution in [-0.4, -0.2) is 23.7 Å². The van der Waals surface area contributed by atoms with Crippen molar-refractivity contribution in [2.24, 2.45) is 10.9 Å². The highest BCUT2D eigenvalue weighted by Gasteiger charge is 2.21. The maximum Gasteiger partial charge on any atom is 0.251 e. The lowest BCUT2D eigenvalue weighted by Crippen LogP contribution is -2.23. The Morgan fingerprint density at radius 3 is 2.92 bits per heavy atom. The molecule has 1 heterocycles. The van der Waals surface area contributed by atoms with Crippen molar-refractivity contribution in [3.63, 3.8) is 0 Å². The number of nitrogens with zero attached hydrogens (tertiary/aromatic N) is 2. The van der Waals surface area contributed by atoms with Gasteiger partial charge in [0.25, 0.3) is 5.91 Å². The first-order chi connectivity index (χ1) is 11.7. The van der Waals surface area contributed by atoms with Gasteiger partial charge in [0.05, 0.1) is 16.8 Å². The summed E-state index contributed by atoms with van der Waals surface area (Å²) >= 11 is 1.37. The molecule has 1 amide bonds. The molecule has 2 aromatic rings. The third-order valence-electron chi connectivity index (χ3n) is 4.48. The zero-order valence-corrected chi connectivity index (χ0v) is 14.8. The van der Waals surface area contributed by atoms with Crippen LogP contribution in [0.3, 0.4) is 0 Å². The van der Waals surface area contributed by atoms with Crippen molar-refractivity contribution in [1.82, 2.24) is 4.57 Å². The van der Waals surface area contributed by atoms with Gasteiger partial charge in [0.15, 0.2) is 4.80 Å². The van der Waals surface area contributed by atoms with Crippen LogP contribution in [0.1, 0.15) is 39.0 Å². The molecule has 0 bridgehead atoms. The van der Waals surface area contributed by atoms with Crippen LogP contribution >= 0.6 is 11.3 Å². The van der Waals surface area contributed by atoms with Crippen LogP contribution in [0.5, 0.6) is 0 Å². The number of para-hydroxylation sites is 1. The summed E-state index contributed by atoms with van der Waals surface area (Å²) in [5.74, 6) is -0.326. The minimum Gasteiger partial charge on any atom is -0.380 e. The molecular weight excluding hydrogens is 327 g/mol. The molecule has 0 unspecified atom stereocenters. The molecule has 1 saturated carbocycles. The van der Waals surface area contributed by atoms with E-state index < -0.39 is 0 Å². The number of aromatic nitrogens is 1. The predicted molar refractivity (Wildman–Crippen MR) is 93.4 cm³/mol. The van der Waals surface area contributed by atoms with Crippen LogP contribution in [0.4, 0.5) is 4.39 Å². The van der Waals surface area contributed by atoms with E-state index in [2.05, 4.69) is 4.99 Å². The van der Waals surface area contributed by atoms with E-state index in [9.17, 15) is 9.18 Å². The number of ether oxygens (including phenoxy) is 1. The van der Waals surface area contributed by atoms with Gasteiger partial charge < -0.3 is 9.30 Å². The molecule has 1 aliphatic carbocycles. The second-order valence-corrected chi connectivity index (χ2v) is 7.11. The fourth-order valence-electron chi connectivity index (χ4n) is 3.21. The zero-order valence-electron chi connectivity index (χ0n) is 14.0. The number of amides is 1. The van der Waals surface area contributed by atoms with Gasteiger partial charge in [-0.1, -0.05) is 36.7 Å². The van der Waals surface area contributed by atoms with Gasteiger partial charge >= 0.3 is 0 Å². The Labute approximate surface area is 145 Å². The monoisotopic (exact) mass is 350 g/mol. The molecule has 0 saturated heterocycles. The largest absolute Gasteiger partial charge is 0.380 e. The number of halogens is 1. The van der Waals surface area contributed by atoms with Crippen LogP contribution < -0.4 is 4.80 Å². The average molecular weight is 350 g/mol. The minimum absolute atomic E-state index is 0.0224. The van der Waals surface area contributed by atoms with E-state index in [4.69, 9.17) is 4.74 Å². The van der Waals surface area contributed by atoms with Crippen LogP contribution in [-0.2, 0) is 16.1 Å². The zero-order chi connectivity index (χ0) is 16.9. The second kappa shape index (κ2) is 8.03. The van der Waals surface area contributed by atoms with Gasteiger partial charge in [0.2, 0.25) is 0 Å². The van der Waals surface area contributed by atoms with Gasteiger partial charge in [0.1, 0.15) is 5.82 Å². The Kier molecular flexibility index (Phi) is 5.79. The Bertz CT molecular complexity index is 775. The molecule has 1 aromatic carbocycles. The number of rotatable bonds is 5. The number of thiazole rings is 1. The van der Waals surface area contributed by atoms with Gasteiger partial charge in [-0.25, -0.2) is 4.39 Å². The number of carbonyl (C=O) groups is 1. The van der Waals surface area contributed by atoms with E-state index >= 15 is 0 Å². The predicted octanol–water partition coefficient (Wildman–Crippen LogP) is 3.89. The molecule has 0 atom stereocenters. The van der Waals surface area contributed by atoms with Crippen molar-refractivity contribution < 1.29 is 13.9 Å². The summed E-state index contributed by atoms with van der Waals surface area (Å²) in [6, 6.07) is 5.00. The van der Waals surface area contributed by atoms with E-state index in [-0.39, 0.29) is 17.6 Å². The number of hydrogen-bond donors (Lipinski definition) is 0. The summed E-state index contributed by atoms with van der Waals surface area (Å²) in [4.78, 5) is 17.4. The van der Waals surface area contributed by atoms with Crippen LogP contribution in [0.25, 0.3) is 10.2 Å². The van der Waals surface area contributed by atoms with Crippen molar-refractivity contribution in [2.75, 3.05) is 13.2 Å². The Morgan fingerprint density at radius 2 is 2.17 bits per heavy atom. The smallest absolute Gasteiger partial charge is 0.251 e. The second-order valence-electron chi connectivity index (χ2n) is 6.10. The summed E-state index contributed by atoms with van der Waals surface area (Å²) in [6.45, 7) is 3.50. The van der Waals surface area contributed by atoms with Gasteiger partial charge in [0, 0.05) is 19.1 Å². The minimum atomic E-state index is -0.285. The van der Waals surface area contributed by atoms with Crippen LogP contribution in [0.15, 0.2) is 23.2 Å². The first-order valence-corrected chi connectivity index (χ1v) is 9.46. The van der Waals surface area contributed by atoms with E-state index in [0.717, 1.165) is 30.4 Å². The normalized spacial score (nSPS) is 16.8. The SMILES string of the molecule is CCOCCn1c(=NC(=O)C2CCCCC2)sc2cccc(F)c21. The summed E-state index contributed by atoms with van der Waals surface area (Å²) in [5, 5.41) is 0. The third kappa shape index (κ3) is 3.75. The van der Waals surface area contributed by atoms with Gasteiger partial charge in [-0.05, 0) is 31.9 Å². The van der Waals surface area contributed by atoms with Crippen molar-refractivity contribution in [3.8, 4) is 0 Å².